The number of hydrogen-bond donors (Lipinski definition) is 0. The van der Waals surface area contributed by atoms with E-state index in [2.05, 4.69) is 10.2 Å². The van der Waals surface area contributed by atoms with Crippen LogP contribution in [-0.4, -0.2) is 13.1 Å². The molecule has 0 fully saturated rings. The van der Waals surface area contributed by atoms with Crippen LogP contribution in [0.5, 0.6) is 0 Å². The Kier molecular flexibility index (Phi) is 5.23. The number of carbonyl (C=O) groups excluding carboxylic acids is 1. The van der Waals surface area contributed by atoms with E-state index in [4.69, 9.17) is 4.74 Å². The van der Waals surface area contributed by atoms with Gasteiger partial charge in [0, 0.05) is 5.56 Å². The molecule has 0 saturated carbocycles. The Morgan fingerprint density at radius 3 is 2.19 bits per heavy atom. The normalized spacial score (nSPS) is 10.9. The SMILES string of the molecule is COC(=O)c1ccc(-c2cccc(C)c2/N=N/c2ccccc2C)cc1. The van der Waals surface area contributed by atoms with Crippen LogP contribution >= 0.6 is 0 Å². The van der Waals surface area contributed by atoms with Crippen molar-refractivity contribution in [1.29, 1.82) is 0 Å². The van der Waals surface area contributed by atoms with E-state index in [-0.39, 0.29) is 5.97 Å². The molecule has 130 valence electrons. The first-order valence-corrected chi connectivity index (χ1v) is 8.36. The molecule has 0 atom stereocenters. The highest BCUT2D eigenvalue weighted by Gasteiger charge is 2.10. The van der Waals surface area contributed by atoms with Gasteiger partial charge in [-0.1, -0.05) is 48.5 Å². The molecule has 0 spiro atoms. The van der Waals surface area contributed by atoms with Gasteiger partial charge in [0.15, 0.2) is 0 Å². The number of carbonyl (C=O) groups is 1. The van der Waals surface area contributed by atoms with Gasteiger partial charge < -0.3 is 4.74 Å². The molecule has 0 aliphatic carbocycles. The third-order valence-electron chi connectivity index (χ3n) is 4.23. The first-order valence-electron chi connectivity index (χ1n) is 8.36. The average molecular weight is 344 g/mol. The van der Waals surface area contributed by atoms with Gasteiger partial charge in [0.05, 0.1) is 24.0 Å². The number of methoxy groups -OCH3 is 1. The second-order valence-corrected chi connectivity index (χ2v) is 6.03. The molecular formula is C22H20N2O2. The highest BCUT2D eigenvalue weighted by Crippen LogP contribution is 2.34. The summed E-state index contributed by atoms with van der Waals surface area (Å²) in [5, 5.41) is 8.95. The minimum atomic E-state index is -0.347. The summed E-state index contributed by atoms with van der Waals surface area (Å²) in [6.45, 7) is 4.02. The average Bonchev–Trinajstić information content (AvgIpc) is 2.67. The van der Waals surface area contributed by atoms with Gasteiger partial charge in [-0.2, -0.15) is 5.11 Å². The molecule has 0 N–H and O–H groups in total. The molecule has 26 heavy (non-hydrogen) atoms. The molecule has 0 aliphatic heterocycles. The lowest BCUT2D eigenvalue weighted by atomic mass is 10.00. The fourth-order valence-corrected chi connectivity index (χ4v) is 2.71. The summed E-state index contributed by atoms with van der Waals surface area (Å²) in [6.07, 6.45) is 0. The van der Waals surface area contributed by atoms with E-state index in [1.807, 2.05) is 68.4 Å². The van der Waals surface area contributed by atoms with Crippen LogP contribution in [0.3, 0.4) is 0 Å². The minimum absolute atomic E-state index is 0.347. The second-order valence-electron chi connectivity index (χ2n) is 6.03. The van der Waals surface area contributed by atoms with Crippen molar-refractivity contribution in [3.8, 4) is 11.1 Å². The molecule has 3 aromatic carbocycles. The van der Waals surface area contributed by atoms with Crippen molar-refractivity contribution in [2.75, 3.05) is 7.11 Å². The fourth-order valence-electron chi connectivity index (χ4n) is 2.71. The molecule has 3 aromatic rings. The fraction of sp³-hybridized carbons (Fsp3) is 0.136. The second kappa shape index (κ2) is 7.74. The monoisotopic (exact) mass is 344 g/mol. The van der Waals surface area contributed by atoms with Crippen LogP contribution in [-0.2, 0) is 4.74 Å². The largest absolute Gasteiger partial charge is 0.465 e. The molecule has 0 aliphatic rings. The van der Waals surface area contributed by atoms with Crippen LogP contribution in [0.1, 0.15) is 21.5 Å². The van der Waals surface area contributed by atoms with Crippen molar-refractivity contribution in [2.45, 2.75) is 13.8 Å². The zero-order chi connectivity index (χ0) is 18.5. The number of ether oxygens (including phenoxy) is 1. The van der Waals surface area contributed by atoms with E-state index in [1.54, 1.807) is 12.1 Å². The van der Waals surface area contributed by atoms with Crippen LogP contribution in [0.25, 0.3) is 11.1 Å². The number of nitrogens with zero attached hydrogens (tertiary/aromatic N) is 2. The summed E-state index contributed by atoms with van der Waals surface area (Å²) in [7, 11) is 1.38. The zero-order valence-electron chi connectivity index (χ0n) is 15.1. The Balaban J connectivity index is 2.00. The molecule has 0 bridgehead atoms. The van der Waals surface area contributed by atoms with Gasteiger partial charge >= 0.3 is 5.97 Å². The van der Waals surface area contributed by atoms with Crippen LogP contribution in [0.2, 0.25) is 0 Å². The Bertz CT molecular complexity index is 960. The minimum Gasteiger partial charge on any atom is -0.465 e. The van der Waals surface area contributed by atoms with Gasteiger partial charge in [-0.25, -0.2) is 4.79 Å². The molecule has 0 saturated heterocycles. The Labute approximate surface area is 153 Å². The Morgan fingerprint density at radius 2 is 1.50 bits per heavy atom. The number of hydrogen-bond acceptors (Lipinski definition) is 4. The summed E-state index contributed by atoms with van der Waals surface area (Å²) < 4.78 is 4.75. The van der Waals surface area contributed by atoms with E-state index < -0.39 is 0 Å². The molecule has 0 aromatic heterocycles. The Morgan fingerprint density at radius 1 is 0.808 bits per heavy atom. The van der Waals surface area contributed by atoms with Crippen LogP contribution in [0.15, 0.2) is 77.0 Å². The van der Waals surface area contributed by atoms with Crippen LogP contribution in [0.4, 0.5) is 11.4 Å². The van der Waals surface area contributed by atoms with Crippen molar-refractivity contribution >= 4 is 17.3 Å². The van der Waals surface area contributed by atoms with E-state index >= 15 is 0 Å². The van der Waals surface area contributed by atoms with E-state index in [1.165, 1.54) is 7.11 Å². The highest BCUT2D eigenvalue weighted by atomic mass is 16.5. The van der Waals surface area contributed by atoms with E-state index in [9.17, 15) is 4.79 Å². The molecule has 4 heteroatoms. The van der Waals surface area contributed by atoms with E-state index in [0.717, 1.165) is 33.6 Å². The lowest BCUT2D eigenvalue weighted by Gasteiger charge is -2.09. The van der Waals surface area contributed by atoms with Gasteiger partial charge in [-0.15, -0.1) is 5.11 Å². The zero-order valence-corrected chi connectivity index (χ0v) is 15.1. The molecule has 0 unspecified atom stereocenters. The summed E-state index contributed by atoms with van der Waals surface area (Å²) in [6, 6.07) is 21.2. The molecule has 0 amide bonds. The lowest BCUT2D eigenvalue weighted by Crippen LogP contribution is -2.00. The van der Waals surface area contributed by atoms with Gasteiger partial charge in [0.25, 0.3) is 0 Å². The summed E-state index contributed by atoms with van der Waals surface area (Å²) in [5.74, 6) is -0.347. The van der Waals surface area contributed by atoms with Gasteiger partial charge in [0.1, 0.15) is 0 Å². The molecule has 0 heterocycles. The van der Waals surface area contributed by atoms with Crippen LogP contribution in [0, 0.1) is 13.8 Å². The first kappa shape index (κ1) is 17.5. The molecule has 4 nitrogen and oxygen atoms in total. The third-order valence-corrected chi connectivity index (χ3v) is 4.23. The number of rotatable bonds is 4. The van der Waals surface area contributed by atoms with Gasteiger partial charge in [-0.05, 0) is 48.7 Å². The van der Waals surface area contributed by atoms with Gasteiger partial charge in [0.2, 0.25) is 0 Å². The molecule has 3 rings (SSSR count). The molecule has 0 radical (unpaired) electrons. The Hall–Kier alpha value is -3.27. The highest BCUT2D eigenvalue weighted by molar-refractivity contribution is 5.90. The van der Waals surface area contributed by atoms with Crippen LogP contribution < -0.4 is 0 Å². The summed E-state index contributed by atoms with van der Waals surface area (Å²) in [5.41, 5.74) is 6.25. The maximum atomic E-state index is 11.6. The topological polar surface area (TPSA) is 51.0 Å². The first-order chi connectivity index (χ1) is 12.6. The van der Waals surface area contributed by atoms with E-state index in [0.29, 0.717) is 5.56 Å². The quantitative estimate of drug-likeness (QED) is 0.419. The third kappa shape index (κ3) is 3.70. The summed E-state index contributed by atoms with van der Waals surface area (Å²) in [4.78, 5) is 11.6. The predicted molar refractivity (Wildman–Crippen MR) is 103 cm³/mol. The number of esters is 1. The smallest absolute Gasteiger partial charge is 0.337 e. The predicted octanol–water partition coefficient (Wildman–Crippen LogP) is 6.17. The maximum absolute atomic E-state index is 11.6. The number of benzene rings is 3. The molecular weight excluding hydrogens is 324 g/mol. The summed E-state index contributed by atoms with van der Waals surface area (Å²) >= 11 is 0. The van der Waals surface area contributed by atoms with Crippen molar-refractivity contribution in [3.05, 3.63) is 83.4 Å². The maximum Gasteiger partial charge on any atom is 0.337 e. The van der Waals surface area contributed by atoms with Gasteiger partial charge in [-0.3, -0.25) is 0 Å². The van der Waals surface area contributed by atoms with Crippen molar-refractivity contribution in [2.24, 2.45) is 10.2 Å². The standard InChI is InChI=1S/C22H20N2O2/c1-15-7-4-5-10-20(15)23-24-21-16(2)8-6-9-19(21)17-11-13-18(14-12-17)22(25)26-3/h4-14H,1-3H3/b24-23+. The number of aryl methyl sites for hydroxylation is 2. The van der Waals surface area contributed by atoms with Crippen molar-refractivity contribution in [1.82, 2.24) is 0 Å². The van der Waals surface area contributed by atoms with Crippen molar-refractivity contribution in [3.63, 3.8) is 0 Å². The van der Waals surface area contributed by atoms with Crippen molar-refractivity contribution < 1.29 is 9.53 Å². The number of azo groups is 1. The lowest BCUT2D eigenvalue weighted by molar-refractivity contribution is 0.0601.